The lowest BCUT2D eigenvalue weighted by Gasteiger charge is -2.27. The second-order valence-corrected chi connectivity index (χ2v) is 11.2. The number of esters is 1. The lowest BCUT2D eigenvalue weighted by atomic mass is 9.99. The summed E-state index contributed by atoms with van der Waals surface area (Å²) >= 11 is 0. The van der Waals surface area contributed by atoms with Gasteiger partial charge in [-0.25, -0.2) is 4.79 Å². The number of carbonyl (C=O) groups excluding carboxylic acids is 1. The molecule has 0 saturated heterocycles. The van der Waals surface area contributed by atoms with E-state index < -0.39 is 0 Å². The Morgan fingerprint density at radius 2 is 1.45 bits per heavy atom. The Morgan fingerprint density at radius 1 is 0.909 bits per heavy atom. The molecule has 1 aromatic heterocycles. The number of hydrogen-bond donors (Lipinski definition) is 0. The molecule has 1 fully saturated rings. The van der Waals surface area contributed by atoms with E-state index in [1.54, 1.807) is 0 Å². The van der Waals surface area contributed by atoms with Gasteiger partial charge in [0.05, 0.1) is 0 Å². The van der Waals surface area contributed by atoms with Crippen LogP contribution in [0, 0.1) is 13.8 Å². The summed E-state index contributed by atoms with van der Waals surface area (Å²) in [5.41, 5.74) is 1.83. The molecule has 3 nitrogen and oxygen atoms in total. The number of rotatable bonds is 6. The van der Waals surface area contributed by atoms with Crippen LogP contribution in [0.5, 0.6) is 5.75 Å². The standard InChI is InChI=1S/C29H31O3S/c1-4-29(15-9-10-16-29)32-27(30)19-31-28-20(2)17-22(18-21(28)3)33-25-13-7-5-11-23(25)24-12-6-8-14-26(24)33/h5-8,11-14,17-18H,4,9-10,15-16,19H2,1-3H3/q+1. The van der Waals surface area contributed by atoms with E-state index in [2.05, 4.69) is 81.4 Å². The van der Waals surface area contributed by atoms with Crippen molar-refractivity contribution in [1.82, 2.24) is 0 Å². The molecule has 0 atom stereocenters. The van der Waals surface area contributed by atoms with Gasteiger partial charge in [0, 0.05) is 33.4 Å². The zero-order valence-corrected chi connectivity index (χ0v) is 20.5. The van der Waals surface area contributed by atoms with Crippen molar-refractivity contribution in [2.75, 3.05) is 6.61 Å². The van der Waals surface area contributed by atoms with Crippen molar-refractivity contribution in [2.24, 2.45) is 0 Å². The van der Waals surface area contributed by atoms with Gasteiger partial charge in [-0.05, 0) is 81.3 Å². The molecule has 3 aromatic carbocycles. The molecule has 0 radical (unpaired) electrons. The molecule has 0 amide bonds. The van der Waals surface area contributed by atoms with E-state index in [1.807, 2.05) is 0 Å². The first-order valence-electron chi connectivity index (χ1n) is 11.9. The zero-order chi connectivity index (χ0) is 23.0. The van der Waals surface area contributed by atoms with E-state index in [4.69, 9.17) is 9.47 Å². The largest absolute Gasteiger partial charge is 0.481 e. The van der Waals surface area contributed by atoms with E-state index >= 15 is 0 Å². The van der Waals surface area contributed by atoms with Gasteiger partial charge >= 0.3 is 5.97 Å². The number of carbonyl (C=O) groups is 1. The SMILES string of the molecule is CCC1(OC(=O)COc2c(C)cc(-[s+]3c4ccccc4c4ccccc43)cc2C)CCCC1. The van der Waals surface area contributed by atoms with Crippen molar-refractivity contribution in [3.63, 3.8) is 0 Å². The van der Waals surface area contributed by atoms with E-state index in [1.165, 1.54) is 25.1 Å². The summed E-state index contributed by atoms with van der Waals surface area (Å²) in [4.78, 5) is 13.8. The maximum Gasteiger partial charge on any atom is 0.344 e. The molecule has 4 aromatic rings. The van der Waals surface area contributed by atoms with Crippen LogP contribution in [0.1, 0.15) is 50.2 Å². The van der Waals surface area contributed by atoms with Crippen LogP contribution in [-0.4, -0.2) is 18.2 Å². The monoisotopic (exact) mass is 459 g/mol. The van der Waals surface area contributed by atoms with E-state index in [0.29, 0.717) is 0 Å². The number of aryl methyl sites for hydroxylation is 2. The summed E-state index contributed by atoms with van der Waals surface area (Å²) in [7, 11) is -0.140. The lowest BCUT2D eigenvalue weighted by Crippen LogP contribution is -2.33. The summed E-state index contributed by atoms with van der Waals surface area (Å²) in [5, 5.41) is 2.65. The fourth-order valence-corrected chi connectivity index (χ4v) is 7.87. The number of thiophene rings is 1. The van der Waals surface area contributed by atoms with Crippen LogP contribution >= 0.6 is 10.5 Å². The minimum absolute atomic E-state index is 0.0415. The highest BCUT2D eigenvalue weighted by molar-refractivity contribution is 7.50. The van der Waals surface area contributed by atoms with Crippen LogP contribution in [0.4, 0.5) is 0 Å². The van der Waals surface area contributed by atoms with Crippen molar-refractivity contribution < 1.29 is 14.3 Å². The lowest BCUT2D eigenvalue weighted by molar-refractivity contribution is -0.162. The van der Waals surface area contributed by atoms with Crippen molar-refractivity contribution in [3.8, 4) is 10.6 Å². The van der Waals surface area contributed by atoms with Crippen LogP contribution < -0.4 is 4.74 Å². The first kappa shape index (κ1) is 22.0. The van der Waals surface area contributed by atoms with Crippen LogP contribution in [0.25, 0.3) is 25.1 Å². The molecule has 0 aliphatic heterocycles. The average Bonchev–Trinajstić information content (AvgIpc) is 3.41. The molecule has 4 heteroatoms. The summed E-state index contributed by atoms with van der Waals surface area (Å²) in [5.74, 6) is 0.527. The molecule has 170 valence electrons. The Kier molecular flexibility index (Phi) is 5.88. The second kappa shape index (κ2) is 8.83. The van der Waals surface area contributed by atoms with E-state index in [9.17, 15) is 4.79 Å². The van der Waals surface area contributed by atoms with Gasteiger partial charge < -0.3 is 9.47 Å². The summed E-state index contributed by atoms with van der Waals surface area (Å²) in [6, 6.07) is 21.9. The third kappa shape index (κ3) is 4.02. The van der Waals surface area contributed by atoms with Gasteiger partial charge in [0.2, 0.25) is 0 Å². The number of fused-ring (bicyclic) bond motifs is 3. The summed E-state index contributed by atoms with van der Waals surface area (Å²) in [6.07, 6.45) is 5.07. The van der Waals surface area contributed by atoms with Crippen molar-refractivity contribution in [3.05, 3.63) is 71.8 Å². The smallest absolute Gasteiger partial charge is 0.344 e. The first-order chi connectivity index (χ1) is 16.0. The molecular formula is C29H31O3S+. The highest BCUT2D eigenvalue weighted by Gasteiger charge is 2.36. The van der Waals surface area contributed by atoms with Crippen molar-refractivity contribution in [2.45, 2.75) is 58.5 Å². The van der Waals surface area contributed by atoms with Gasteiger partial charge in [0.15, 0.2) is 20.9 Å². The van der Waals surface area contributed by atoms with Crippen LogP contribution in [-0.2, 0) is 9.53 Å². The van der Waals surface area contributed by atoms with Crippen LogP contribution in [0.15, 0.2) is 60.7 Å². The highest BCUT2D eigenvalue weighted by Crippen LogP contribution is 2.49. The van der Waals surface area contributed by atoms with Gasteiger partial charge in [-0.2, -0.15) is 0 Å². The molecule has 33 heavy (non-hydrogen) atoms. The quantitative estimate of drug-likeness (QED) is 0.216. The van der Waals surface area contributed by atoms with Gasteiger partial charge in [0.25, 0.3) is 0 Å². The molecule has 0 spiro atoms. The predicted octanol–water partition coefficient (Wildman–Crippen LogP) is 7.99. The molecule has 5 rings (SSSR count). The zero-order valence-electron chi connectivity index (χ0n) is 19.6. The first-order valence-corrected chi connectivity index (χ1v) is 13.1. The highest BCUT2D eigenvalue weighted by atomic mass is 32.2. The average molecular weight is 460 g/mol. The van der Waals surface area contributed by atoms with Gasteiger partial charge in [-0.1, -0.05) is 31.2 Å². The molecule has 0 N–H and O–H groups in total. The van der Waals surface area contributed by atoms with E-state index in [0.717, 1.165) is 49.0 Å². The Labute approximate surface area is 198 Å². The number of benzene rings is 3. The molecule has 1 heterocycles. The minimum Gasteiger partial charge on any atom is -0.481 e. The molecule has 0 unspecified atom stereocenters. The van der Waals surface area contributed by atoms with Crippen LogP contribution in [0.2, 0.25) is 0 Å². The van der Waals surface area contributed by atoms with Crippen molar-refractivity contribution in [1.29, 1.82) is 0 Å². The minimum atomic E-state index is -0.279. The van der Waals surface area contributed by atoms with Gasteiger partial charge in [-0.15, -0.1) is 0 Å². The third-order valence-corrected chi connectivity index (χ3v) is 9.30. The number of ether oxygens (including phenoxy) is 2. The predicted molar refractivity (Wildman–Crippen MR) is 138 cm³/mol. The Bertz CT molecular complexity index is 1250. The molecule has 1 aliphatic carbocycles. The maximum atomic E-state index is 12.6. The van der Waals surface area contributed by atoms with Crippen molar-refractivity contribution >= 4 is 36.6 Å². The van der Waals surface area contributed by atoms with Gasteiger partial charge in [0.1, 0.15) is 11.4 Å². The Balaban J connectivity index is 1.43. The maximum absolute atomic E-state index is 12.6. The molecule has 1 saturated carbocycles. The summed E-state index contributed by atoms with van der Waals surface area (Å²) < 4.78 is 14.6. The number of hydrogen-bond acceptors (Lipinski definition) is 3. The van der Waals surface area contributed by atoms with E-state index in [-0.39, 0.29) is 28.6 Å². The Hall–Kier alpha value is -2.85. The van der Waals surface area contributed by atoms with Gasteiger partial charge in [-0.3, -0.25) is 0 Å². The molecule has 1 aliphatic rings. The third-order valence-electron chi connectivity index (χ3n) is 7.00. The molecule has 0 bridgehead atoms. The summed E-state index contributed by atoms with van der Waals surface area (Å²) in [6.45, 7) is 6.20. The second-order valence-electron chi connectivity index (χ2n) is 9.19. The topological polar surface area (TPSA) is 35.5 Å². The normalized spacial score (nSPS) is 15.2. The fourth-order valence-electron chi connectivity index (χ4n) is 5.31. The Morgan fingerprint density at radius 3 is 2.00 bits per heavy atom. The molecular weight excluding hydrogens is 428 g/mol. The fraction of sp³-hybridized carbons (Fsp3) is 0.345. The van der Waals surface area contributed by atoms with Crippen LogP contribution in [0.3, 0.4) is 0 Å².